The van der Waals surface area contributed by atoms with E-state index in [4.69, 9.17) is 0 Å². The van der Waals surface area contributed by atoms with Crippen molar-refractivity contribution >= 4 is 17.3 Å². The third-order valence-corrected chi connectivity index (χ3v) is 3.43. The monoisotopic (exact) mass is 314 g/mol. The van der Waals surface area contributed by atoms with E-state index in [1.165, 1.54) is 13.2 Å². The first-order valence-electron chi connectivity index (χ1n) is 7.20. The van der Waals surface area contributed by atoms with E-state index in [0.717, 1.165) is 11.3 Å². The summed E-state index contributed by atoms with van der Waals surface area (Å²) in [4.78, 5) is 23.9. The standard InChI is InChI=1S/C17H18N2O4/c1-23-17(20)10-11-18(15-7-3-2-4-8-15)13-14-6-5-9-16(12-14)19(21)22/h2-9,12H,10-11,13H2,1H3. The van der Waals surface area contributed by atoms with Crippen molar-refractivity contribution in [2.45, 2.75) is 13.0 Å². The molecule has 0 spiro atoms. The number of anilines is 1. The second kappa shape index (κ2) is 7.93. The third-order valence-electron chi connectivity index (χ3n) is 3.43. The van der Waals surface area contributed by atoms with Gasteiger partial charge in [-0.2, -0.15) is 0 Å². The lowest BCUT2D eigenvalue weighted by Gasteiger charge is -2.24. The summed E-state index contributed by atoms with van der Waals surface area (Å²) in [6.07, 6.45) is 0.250. The topological polar surface area (TPSA) is 72.7 Å². The minimum Gasteiger partial charge on any atom is -0.469 e. The summed E-state index contributed by atoms with van der Waals surface area (Å²) in [5, 5.41) is 10.9. The van der Waals surface area contributed by atoms with Gasteiger partial charge in [0.1, 0.15) is 0 Å². The van der Waals surface area contributed by atoms with E-state index in [1.807, 2.05) is 41.3 Å². The molecule has 0 bridgehead atoms. The van der Waals surface area contributed by atoms with Gasteiger partial charge in [0.2, 0.25) is 0 Å². The van der Waals surface area contributed by atoms with Gasteiger partial charge in [-0.3, -0.25) is 14.9 Å². The molecule has 0 aliphatic carbocycles. The summed E-state index contributed by atoms with van der Waals surface area (Å²) in [6, 6.07) is 16.1. The number of hydrogen-bond donors (Lipinski definition) is 0. The van der Waals surface area contributed by atoms with Crippen molar-refractivity contribution in [2.75, 3.05) is 18.6 Å². The van der Waals surface area contributed by atoms with Crippen LogP contribution in [0.5, 0.6) is 0 Å². The Kier molecular flexibility index (Phi) is 5.68. The van der Waals surface area contributed by atoms with E-state index in [0.29, 0.717) is 13.1 Å². The Morgan fingerprint density at radius 1 is 1.17 bits per heavy atom. The van der Waals surface area contributed by atoms with Crippen LogP contribution in [-0.2, 0) is 16.1 Å². The number of non-ortho nitro benzene ring substituents is 1. The summed E-state index contributed by atoms with van der Waals surface area (Å²) < 4.78 is 4.68. The number of ether oxygens (including phenoxy) is 1. The number of benzene rings is 2. The van der Waals surface area contributed by atoms with Crippen LogP contribution < -0.4 is 4.90 Å². The largest absolute Gasteiger partial charge is 0.469 e. The molecule has 0 unspecified atom stereocenters. The first-order valence-corrected chi connectivity index (χ1v) is 7.20. The van der Waals surface area contributed by atoms with Gasteiger partial charge in [0.25, 0.3) is 5.69 Å². The third kappa shape index (κ3) is 4.81. The molecule has 0 aliphatic rings. The second-order valence-corrected chi connectivity index (χ2v) is 5.01. The van der Waals surface area contributed by atoms with Gasteiger partial charge in [0, 0.05) is 30.9 Å². The van der Waals surface area contributed by atoms with Crippen LogP contribution >= 0.6 is 0 Å². The fourth-order valence-electron chi connectivity index (χ4n) is 2.26. The number of para-hydroxylation sites is 1. The number of carbonyl (C=O) groups excluding carboxylic acids is 1. The minimum absolute atomic E-state index is 0.0588. The number of nitrogens with zero attached hydrogens (tertiary/aromatic N) is 2. The van der Waals surface area contributed by atoms with Crippen LogP contribution in [0, 0.1) is 10.1 Å². The van der Waals surface area contributed by atoms with Gasteiger partial charge in [-0.05, 0) is 17.7 Å². The molecule has 6 nitrogen and oxygen atoms in total. The molecule has 23 heavy (non-hydrogen) atoms. The number of carbonyl (C=O) groups is 1. The zero-order valence-corrected chi connectivity index (χ0v) is 12.8. The molecule has 120 valence electrons. The maximum absolute atomic E-state index is 11.4. The van der Waals surface area contributed by atoms with Gasteiger partial charge in [-0.1, -0.05) is 30.3 Å². The number of rotatable bonds is 7. The van der Waals surface area contributed by atoms with Crippen molar-refractivity contribution in [2.24, 2.45) is 0 Å². The Balaban J connectivity index is 2.18. The fraction of sp³-hybridized carbons (Fsp3) is 0.235. The lowest BCUT2D eigenvalue weighted by molar-refractivity contribution is -0.384. The van der Waals surface area contributed by atoms with Crippen LogP contribution in [0.3, 0.4) is 0 Å². The quantitative estimate of drug-likeness (QED) is 0.446. The predicted octanol–water partition coefficient (Wildman–Crippen LogP) is 3.16. The molecular weight excluding hydrogens is 296 g/mol. The average Bonchev–Trinajstić information content (AvgIpc) is 2.59. The zero-order chi connectivity index (χ0) is 16.7. The van der Waals surface area contributed by atoms with Gasteiger partial charge in [0.05, 0.1) is 18.5 Å². The molecule has 0 saturated carbocycles. The molecular formula is C17H18N2O4. The van der Waals surface area contributed by atoms with Crippen molar-refractivity contribution in [3.8, 4) is 0 Å². The van der Waals surface area contributed by atoms with E-state index < -0.39 is 4.92 Å². The van der Waals surface area contributed by atoms with Crippen LogP contribution in [0.2, 0.25) is 0 Å². The molecule has 0 atom stereocenters. The lowest BCUT2D eigenvalue weighted by Crippen LogP contribution is -2.26. The van der Waals surface area contributed by atoms with Crippen LogP contribution in [0.4, 0.5) is 11.4 Å². The number of methoxy groups -OCH3 is 1. The zero-order valence-electron chi connectivity index (χ0n) is 12.8. The molecule has 0 aromatic heterocycles. The highest BCUT2D eigenvalue weighted by Gasteiger charge is 2.12. The Hall–Kier alpha value is -2.89. The van der Waals surface area contributed by atoms with E-state index in [2.05, 4.69) is 4.74 Å². The smallest absolute Gasteiger partial charge is 0.307 e. The Bertz CT molecular complexity index is 673. The van der Waals surface area contributed by atoms with Gasteiger partial charge < -0.3 is 9.64 Å². The molecule has 2 aromatic carbocycles. The number of nitro benzene ring substituents is 1. The Morgan fingerprint density at radius 3 is 2.57 bits per heavy atom. The molecule has 0 heterocycles. The molecule has 0 radical (unpaired) electrons. The minimum atomic E-state index is -0.412. The molecule has 0 N–H and O–H groups in total. The first kappa shape index (κ1) is 16.5. The SMILES string of the molecule is COC(=O)CCN(Cc1cccc([N+](=O)[O-])c1)c1ccccc1. The number of esters is 1. The number of nitro groups is 1. The van der Waals surface area contributed by atoms with Gasteiger partial charge >= 0.3 is 5.97 Å². The molecule has 0 fully saturated rings. The summed E-state index contributed by atoms with van der Waals surface area (Å²) >= 11 is 0. The summed E-state index contributed by atoms with van der Waals surface area (Å²) in [7, 11) is 1.36. The molecule has 2 rings (SSSR count). The van der Waals surface area contributed by atoms with E-state index >= 15 is 0 Å². The van der Waals surface area contributed by atoms with Crippen LogP contribution in [0.15, 0.2) is 54.6 Å². The molecule has 0 aliphatic heterocycles. The first-order chi connectivity index (χ1) is 11.1. The highest BCUT2D eigenvalue weighted by Crippen LogP contribution is 2.20. The maximum atomic E-state index is 11.4. The Morgan fingerprint density at radius 2 is 1.91 bits per heavy atom. The van der Waals surface area contributed by atoms with Crippen molar-refractivity contribution in [1.29, 1.82) is 0 Å². The predicted molar refractivity (Wildman–Crippen MR) is 87.2 cm³/mol. The Labute approximate surface area is 134 Å². The highest BCUT2D eigenvalue weighted by atomic mass is 16.6. The molecule has 0 amide bonds. The fourth-order valence-corrected chi connectivity index (χ4v) is 2.26. The highest BCUT2D eigenvalue weighted by molar-refractivity contribution is 5.70. The number of hydrogen-bond acceptors (Lipinski definition) is 5. The average molecular weight is 314 g/mol. The van der Waals surface area contributed by atoms with Crippen LogP contribution in [0.25, 0.3) is 0 Å². The van der Waals surface area contributed by atoms with Gasteiger partial charge in [0.15, 0.2) is 0 Å². The lowest BCUT2D eigenvalue weighted by atomic mass is 10.1. The summed E-state index contributed by atoms with van der Waals surface area (Å²) in [5.74, 6) is -0.287. The van der Waals surface area contributed by atoms with Crippen molar-refractivity contribution < 1.29 is 14.5 Å². The van der Waals surface area contributed by atoms with Crippen molar-refractivity contribution in [3.63, 3.8) is 0 Å². The molecule has 2 aromatic rings. The van der Waals surface area contributed by atoms with E-state index in [-0.39, 0.29) is 18.1 Å². The van der Waals surface area contributed by atoms with Crippen molar-refractivity contribution in [3.05, 3.63) is 70.3 Å². The normalized spacial score (nSPS) is 10.1. The summed E-state index contributed by atoms with van der Waals surface area (Å²) in [5.41, 5.74) is 1.82. The van der Waals surface area contributed by atoms with E-state index in [9.17, 15) is 14.9 Å². The maximum Gasteiger partial charge on any atom is 0.307 e. The van der Waals surface area contributed by atoms with Crippen molar-refractivity contribution in [1.82, 2.24) is 0 Å². The second-order valence-electron chi connectivity index (χ2n) is 5.01. The van der Waals surface area contributed by atoms with E-state index in [1.54, 1.807) is 12.1 Å². The molecule has 6 heteroatoms. The van der Waals surface area contributed by atoms with Crippen LogP contribution in [0.1, 0.15) is 12.0 Å². The molecule has 0 saturated heterocycles. The van der Waals surface area contributed by atoms with Gasteiger partial charge in [-0.15, -0.1) is 0 Å². The van der Waals surface area contributed by atoms with Crippen LogP contribution in [-0.4, -0.2) is 24.5 Å². The summed E-state index contributed by atoms with van der Waals surface area (Å²) in [6.45, 7) is 0.946. The van der Waals surface area contributed by atoms with Gasteiger partial charge in [-0.25, -0.2) is 0 Å².